The van der Waals surface area contributed by atoms with Crippen LogP contribution >= 0.6 is 11.6 Å². The summed E-state index contributed by atoms with van der Waals surface area (Å²) in [5, 5.41) is 10.1. The van der Waals surface area contributed by atoms with Crippen LogP contribution in [-0.4, -0.2) is 14.9 Å². The van der Waals surface area contributed by atoms with E-state index in [0.717, 1.165) is 18.3 Å². The Kier molecular flexibility index (Phi) is 3.52. The zero-order valence-electron chi connectivity index (χ0n) is 9.01. The summed E-state index contributed by atoms with van der Waals surface area (Å²) in [4.78, 5) is 16.4. The van der Waals surface area contributed by atoms with E-state index in [1.807, 2.05) is 0 Å². The summed E-state index contributed by atoms with van der Waals surface area (Å²) < 4.78 is 31.6. The van der Waals surface area contributed by atoms with Gasteiger partial charge in [-0.1, -0.05) is 0 Å². The molecule has 0 N–H and O–H groups in total. The Balaban J connectivity index is 2.33. The van der Waals surface area contributed by atoms with Crippen LogP contribution in [0.1, 0.15) is 0 Å². The van der Waals surface area contributed by atoms with E-state index in [0.29, 0.717) is 6.07 Å². The Morgan fingerprint density at radius 2 is 2.05 bits per heavy atom. The van der Waals surface area contributed by atoms with Crippen molar-refractivity contribution in [1.29, 1.82) is 0 Å². The fraction of sp³-hybridized carbons (Fsp3) is 0. The molecule has 0 spiro atoms. The molecule has 2 aromatic rings. The van der Waals surface area contributed by atoms with E-state index in [4.69, 9.17) is 16.3 Å². The number of benzene rings is 1. The number of non-ortho nitro benzene ring substituents is 1. The average Bonchev–Trinajstić information content (AvgIpc) is 2.36. The number of halogens is 3. The maximum absolute atomic E-state index is 13.5. The van der Waals surface area contributed by atoms with E-state index < -0.39 is 33.9 Å². The predicted molar refractivity (Wildman–Crippen MR) is 60.1 cm³/mol. The van der Waals surface area contributed by atoms with Gasteiger partial charge < -0.3 is 4.74 Å². The van der Waals surface area contributed by atoms with Crippen LogP contribution in [0.5, 0.6) is 11.6 Å². The molecule has 0 amide bonds. The second-order valence-electron chi connectivity index (χ2n) is 3.27. The molecule has 0 fully saturated rings. The van der Waals surface area contributed by atoms with E-state index in [1.54, 1.807) is 0 Å². The van der Waals surface area contributed by atoms with Gasteiger partial charge in [-0.2, -0.15) is 9.37 Å². The Labute approximate surface area is 109 Å². The van der Waals surface area contributed by atoms with Crippen molar-refractivity contribution in [2.75, 3.05) is 0 Å². The molecule has 0 saturated carbocycles. The molecule has 6 nitrogen and oxygen atoms in total. The molecule has 19 heavy (non-hydrogen) atoms. The van der Waals surface area contributed by atoms with Crippen molar-refractivity contribution in [3.63, 3.8) is 0 Å². The number of hydrogen-bond acceptors (Lipinski definition) is 5. The van der Waals surface area contributed by atoms with Crippen LogP contribution in [0.15, 0.2) is 24.4 Å². The van der Waals surface area contributed by atoms with Gasteiger partial charge in [0.1, 0.15) is 0 Å². The highest BCUT2D eigenvalue weighted by molar-refractivity contribution is 6.28. The number of nitro benzene ring substituents is 1. The van der Waals surface area contributed by atoms with Gasteiger partial charge in [-0.25, -0.2) is 9.37 Å². The van der Waals surface area contributed by atoms with Gasteiger partial charge in [-0.15, -0.1) is 0 Å². The normalized spacial score (nSPS) is 10.3. The Morgan fingerprint density at radius 3 is 2.68 bits per heavy atom. The molecular formula is C10H4ClF2N3O3. The van der Waals surface area contributed by atoms with Gasteiger partial charge in [-0.3, -0.25) is 10.1 Å². The Morgan fingerprint density at radius 1 is 1.32 bits per heavy atom. The van der Waals surface area contributed by atoms with Crippen LogP contribution in [0.4, 0.5) is 14.5 Å². The molecule has 0 unspecified atom stereocenters. The number of nitrogens with zero attached hydrogens (tertiary/aromatic N) is 3. The fourth-order valence-corrected chi connectivity index (χ4v) is 1.32. The molecule has 98 valence electrons. The van der Waals surface area contributed by atoms with Gasteiger partial charge in [0.25, 0.3) is 11.6 Å². The molecule has 1 heterocycles. The number of hydrogen-bond donors (Lipinski definition) is 0. The van der Waals surface area contributed by atoms with Crippen molar-refractivity contribution >= 4 is 17.3 Å². The second kappa shape index (κ2) is 5.11. The monoisotopic (exact) mass is 287 g/mol. The summed E-state index contributed by atoms with van der Waals surface area (Å²) in [6.45, 7) is 0. The molecule has 1 aromatic carbocycles. The number of rotatable bonds is 3. The predicted octanol–water partition coefficient (Wildman–Crippen LogP) is 3.11. The third-order valence-corrected chi connectivity index (χ3v) is 2.20. The third-order valence-electron chi connectivity index (χ3n) is 2.02. The summed E-state index contributed by atoms with van der Waals surface area (Å²) in [7, 11) is 0. The number of nitro groups is 1. The van der Waals surface area contributed by atoms with Crippen LogP contribution in [0.25, 0.3) is 0 Å². The minimum Gasteiger partial charge on any atom is -0.433 e. The summed E-state index contributed by atoms with van der Waals surface area (Å²) in [5.74, 6) is -2.96. The standard InChI is InChI=1S/C10H4ClF2N3O3/c11-10-14-4-7(13)9(15-10)19-8-2-1-5(16(17)18)3-6(8)12/h1-4H. The van der Waals surface area contributed by atoms with E-state index in [9.17, 15) is 18.9 Å². The molecule has 0 aliphatic carbocycles. The number of ether oxygens (including phenoxy) is 1. The van der Waals surface area contributed by atoms with Gasteiger partial charge in [0, 0.05) is 6.07 Å². The van der Waals surface area contributed by atoms with Crippen LogP contribution in [0.2, 0.25) is 5.28 Å². The highest BCUT2D eigenvalue weighted by Gasteiger charge is 2.15. The third kappa shape index (κ3) is 2.91. The van der Waals surface area contributed by atoms with E-state index in [2.05, 4.69) is 9.97 Å². The first-order valence-corrected chi connectivity index (χ1v) is 5.15. The lowest BCUT2D eigenvalue weighted by molar-refractivity contribution is -0.385. The first-order valence-electron chi connectivity index (χ1n) is 4.77. The summed E-state index contributed by atoms with van der Waals surface area (Å²) in [6, 6.07) is 2.65. The van der Waals surface area contributed by atoms with Crippen LogP contribution < -0.4 is 4.74 Å². The first-order chi connectivity index (χ1) is 8.97. The summed E-state index contributed by atoms with van der Waals surface area (Å²) >= 11 is 5.44. The Bertz CT molecular complexity index is 654. The quantitative estimate of drug-likeness (QED) is 0.492. The smallest absolute Gasteiger partial charge is 0.272 e. The fourth-order valence-electron chi connectivity index (χ4n) is 1.19. The van der Waals surface area contributed by atoms with Gasteiger partial charge in [0.2, 0.25) is 11.1 Å². The van der Waals surface area contributed by atoms with E-state index in [-0.39, 0.29) is 5.28 Å². The largest absolute Gasteiger partial charge is 0.433 e. The first kappa shape index (κ1) is 13.1. The second-order valence-corrected chi connectivity index (χ2v) is 3.60. The Hall–Kier alpha value is -2.35. The number of aromatic nitrogens is 2. The van der Waals surface area contributed by atoms with Gasteiger partial charge in [0.05, 0.1) is 17.2 Å². The van der Waals surface area contributed by atoms with Crippen LogP contribution in [0.3, 0.4) is 0 Å². The van der Waals surface area contributed by atoms with Crippen molar-refractivity contribution in [1.82, 2.24) is 9.97 Å². The molecule has 0 aliphatic heterocycles. The SMILES string of the molecule is O=[N+]([O-])c1ccc(Oc2nc(Cl)ncc2F)c(F)c1. The molecule has 0 radical (unpaired) electrons. The van der Waals surface area contributed by atoms with Crippen molar-refractivity contribution < 1.29 is 18.4 Å². The maximum atomic E-state index is 13.5. The van der Waals surface area contributed by atoms with Gasteiger partial charge in [0.15, 0.2) is 11.6 Å². The van der Waals surface area contributed by atoms with Crippen molar-refractivity contribution in [3.8, 4) is 11.6 Å². The highest BCUT2D eigenvalue weighted by atomic mass is 35.5. The average molecular weight is 288 g/mol. The minimum absolute atomic E-state index is 0.279. The summed E-state index contributed by atoms with van der Waals surface area (Å²) in [5.41, 5.74) is -0.453. The lowest BCUT2D eigenvalue weighted by atomic mass is 10.3. The van der Waals surface area contributed by atoms with E-state index >= 15 is 0 Å². The molecule has 9 heteroatoms. The zero-order valence-corrected chi connectivity index (χ0v) is 9.77. The molecule has 2 rings (SSSR count). The van der Waals surface area contributed by atoms with Gasteiger partial charge in [-0.05, 0) is 17.7 Å². The van der Waals surface area contributed by atoms with Crippen molar-refractivity contribution in [3.05, 3.63) is 51.4 Å². The lowest BCUT2D eigenvalue weighted by Gasteiger charge is -2.06. The zero-order chi connectivity index (χ0) is 14.0. The van der Waals surface area contributed by atoms with Crippen LogP contribution in [0, 0.1) is 21.7 Å². The molecule has 0 saturated heterocycles. The molecule has 1 aromatic heterocycles. The van der Waals surface area contributed by atoms with Crippen LogP contribution in [-0.2, 0) is 0 Å². The maximum Gasteiger partial charge on any atom is 0.272 e. The molecule has 0 bridgehead atoms. The lowest BCUT2D eigenvalue weighted by Crippen LogP contribution is -1.97. The van der Waals surface area contributed by atoms with Crippen molar-refractivity contribution in [2.24, 2.45) is 0 Å². The topological polar surface area (TPSA) is 78.2 Å². The summed E-state index contributed by atoms with van der Waals surface area (Å²) in [6.07, 6.45) is 0.758. The highest BCUT2D eigenvalue weighted by Crippen LogP contribution is 2.28. The van der Waals surface area contributed by atoms with E-state index in [1.165, 1.54) is 0 Å². The van der Waals surface area contributed by atoms with Gasteiger partial charge >= 0.3 is 0 Å². The van der Waals surface area contributed by atoms with Crippen molar-refractivity contribution in [2.45, 2.75) is 0 Å². The molecular weight excluding hydrogens is 284 g/mol. The molecule has 0 aliphatic rings. The molecule has 0 atom stereocenters. The minimum atomic E-state index is -1.02.